The fourth-order valence-corrected chi connectivity index (χ4v) is 4.77. The van der Waals surface area contributed by atoms with Crippen LogP contribution in [0.1, 0.15) is 0 Å². The third-order valence-electron chi connectivity index (χ3n) is 6.28. The van der Waals surface area contributed by atoms with Gasteiger partial charge in [0.05, 0.1) is 22.3 Å². The maximum atomic E-state index is 6.26. The van der Waals surface area contributed by atoms with Crippen LogP contribution in [0.2, 0.25) is 5.28 Å². The molecular formula is C30H17ClN4O. The van der Waals surface area contributed by atoms with Gasteiger partial charge in [-0.3, -0.25) is 0 Å². The van der Waals surface area contributed by atoms with Crippen LogP contribution in [0.4, 0.5) is 0 Å². The molecule has 0 fully saturated rings. The van der Waals surface area contributed by atoms with Gasteiger partial charge in [-0.1, -0.05) is 91.0 Å². The van der Waals surface area contributed by atoms with Crippen LogP contribution in [-0.4, -0.2) is 19.9 Å². The number of halogens is 1. The minimum Gasteiger partial charge on any atom is -0.438 e. The van der Waals surface area contributed by atoms with Crippen molar-refractivity contribution in [1.82, 2.24) is 19.9 Å². The molecule has 0 atom stereocenters. The van der Waals surface area contributed by atoms with Crippen molar-refractivity contribution in [3.63, 3.8) is 0 Å². The van der Waals surface area contributed by atoms with Crippen molar-refractivity contribution in [1.29, 1.82) is 0 Å². The van der Waals surface area contributed by atoms with Crippen LogP contribution in [-0.2, 0) is 0 Å². The monoisotopic (exact) mass is 484 g/mol. The SMILES string of the molecule is Clc1nc(-c2ccc(-c3nc(-c4ccccc4)c4ccccc4n3)cc2)c2c(n1)oc1ccccc12. The summed E-state index contributed by atoms with van der Waals surface area (Å²) < 4.78 is 5.93. The van der Waals surface area contributed by atoms with E-state index < -0.39 is 0 Å². The summed E-state index contributed by atoms with van der Waals surface area (Å²) >= 11 is 6.26. The zero-order valence-electron chi connectivity index (χ0n) is 18.9. The summed E-state index contributed by atoms with van der Waals surface area (Å²) in [7, 11) is 0. The lowest BCUT2D eigenvalue weighted by Gasteiger charge is -2.10. The van der Waals surface area contributed by atoms with E-state index in [1.54, 1.807) is 0 Å². The highest BCUT2D eigenvalue weighted by atomic mass is 35.5. The van der Waals surface area contributed by atoms with Crippen LogP contribution in [0.3, 0.4) is 0 Å². The molecule has 170 valence electrons. The number of aromatic nitrogens is 4. The smallest absolute Gasteiger partial charge is 0.232 e. The van der Waals surface area contributed by atoms with E-state index in [2.05, 4.69) is 28.2 Å². The van der Waals surface area contributed by atoms with E-state index in [0.717, 1.165) is 55.3 Å². The van der Waals surface area contributed by atoms with Crippen molar-refractivity contribution in [3.05, 3.63) is 108 Å². The maximum absolute atomic E-state index is 6.26. The zero-order chi connectivity index (χ0) is 24.1. The van der Waals surface area contributed by atoms with Crippen LogP contribution in [0.5, 0.6) is 0 Å². The molecule has 4 aromatic carbocycles. The van der Waals surface area contributed by atoms with Gasteiger partial charge in [0.15, 0.2) is 5.82 Å². The summed E-state index contributed by atoms with van der Waals surface area (Å²) in [6, 6.07) is 34.1. The highest BCUT2D eigenvalue weighted by Crippen LogP contribution is 2.36. The van der Waals surface area contributed by atoms with Gasteiger partial charge in [0, 0.05) is 27.5 Å². The van der Waals surface area contributed by atoms with Crippen molar-refractivity contribution >= 4 is 44.6 Å². The van der Waals surface area contributed by atoms with Crippen LogP contribution >= 0.6 is 11.6 Å². The van der Waals surface area contributed by atoms with Crippen molar-refractivity contribution < 1.29 is 4.42 Å². The average Bonchev–Trinajstić information content (AvgIpc) is 3.31. The first-order valence-corrected chi connectivity index (χ1v) is 11.9. The number of hydrogen-bond donors (Lipinski definition) is 0. The second-order valence-electron chi connectivity index (χ2n) is 8.48. The van der Waals surface area contributed by atoms with Gasteiger partial charge in [0.25, 0.3) is 0 Å². The van der Waals surface area contributed by atoms with Gasteiger partial charge < -0.3 is 4.42 Å². The Kier molecular flexibility index (Phi) is 4.76. The first-order chi connectivity index (χ1) is 17.7. The first kappa shape index (κ1) is 20.7. The molecule has 3 heterocycles. The molecule has 6 heteroatoms. The lowest BCUT2D eigenvalue weighted by molar-refractivity contribution is 0.653. The molecule has 0 aliphatic carbocycles. The Labute approximate surface area is 211 Å². The second kappa shape index (κ2) is 8.26. The Morgan fingerprint density at radius 3 is 2.03 bits per heavy atom. The third kappa shape index (κ3) is 3.41. The predicted molar refractivity (Wildman–Crippen MR) is 144 cm³/mol. The van der Waals surface area contributed by atoms with Gasteiger partial charge in [-0.2, -0.15) is 4.98 Å². The van der Waals surface area contributed by atoms with E-state index in [0.29, 0.717) is 11.5 Å². The van der Waals surface area contributed by atoms with Crippen LogP contribution in [0.25, 0.3) is 66.9 Å². The predicted octanol–water partition coefficient (Wildman–Crippen LogP) is 7.97. The Balaban J connectivity index is 1.38. The Morgan fingerprint density at radius 2 is 1.19 bits per heavy atom. The highest BCUT2D eigenvalue weighted by molar-refractivity contribution is 6.29. The van der Waals surface area contributed by atoms with Gasteiger partial charge in [-0.25, -0.2) is 15.0 Å². The summed E-state index contributed by atoms with van der Waals surface area (Å²) in [5, 5.41) is 2.96. The molecule has 0 saturated carbocycles. The molecule has 0 radical (unpaired) electrons. The molecule has 36 heavy (non-hydrogen) atoms. The number of hydrogen-bond acceptors (Lipinski definition) is 5. The van der Waals surface area contributed by atoms with Crippen molar-refractivity contribution in [3.8, 4) is 33.9 Å². The van der Waals surface area contributed by atoms with E-state index >= 15 is 0 Å². The number of furan rings is 1. The zero-order valence-corrected chi connectivity index (χ0v) is 19.6. The van der Waals surface area contributed by atoms with E-state index in [1.165, 1.54) is 0 Å². The molecule has 0 bridgehead atoms. The number of para-hydroxylation sites is 2. The van der Waals surface area contributed by atoms with Crippen LogP contribution in [0, 0.1) is 0 Å². The summed E-state index contributed by atoms with van der Waals surface area (Å²) in [6.45, 7) is 0. The Morgan fingerprint density at radius 1 is 0.528 bits per heavy atom. The number of rotatable bonds is 3. The molecule has 5 nitrogen and oxygen atoms in total. The molecule has 0 aliphatic rings. The summed E-state index contributed by atoms with van der Waals surface area (Å²) in [6.07, 6.45) is 0. The van der Waals surface area contributed by atoms with Gasteiger partial charge >= 0.3 is 0 Å². The lowest BCUT2D eigenvalue weighted by Crippen LogP contribution is -1.95. The summed E-state index contributed by atoms with van der Waals surface area (Å²) in [5.74, 6) is 0.665. The topological polar surface area (TPSA) is 64.7 Å². The van der Waals surface area contributed by atoms with Crippen molar-refractivity contribution in [2.75, 3.05) is 0 Å². The van der Waals surface area contributed by atoms with E-state index in [9.17, 15) is 0 Å². The summed E-state index contributed by atoms with van der Waals surface area (Å²) in [4.78, 5) is 18.7. The molecule has 0 aliphatic heterocycles. The molecule has 0 unspecified atom stereocenters. The maximum Gasteiger partial charge on any atom is 0.232 e. The van der Waals surface area contributed by atoms with E-state index in [1.807, 2.05) is 84.9 Å². The molecular weight excluding hydrogens is 468 g/mol. The first-order valence-electron chi connectivity index (χ1n) is 11.5. The van der Waals surface area contributed by atoms with Gasteiger partial charge in [-0.05, 0) is 23.7 Å². The fourth-order valence-electron chi connectivity index (χ4n) is 4.60. The van der Waals surface area contributed by atoms with E-state index in [-0.39, 0.29) is 5.28 Å². The Bertz CT molecular complexity index is 1900. The molecule has 0 spiro atoms. The standard InChI is InChI=1S/C30H17ClN4O/c31-30-34-27(25-22-11-5-7-13-24(22)36-29(25)35-30)19-14-16-20(17-15-19)28-32-23-12-6-4-10-21(23)26(33-28)18-8-2-1-3-9-18/h1-17H. The minimum atomic E-state index is 0.144. The van der Waals surface area contributed by atoms with Crippen LogP contribution < -0.4 is 0 Å². The lowest BCUT2D eigenvalue weighted by atomic mass is 10.0. The molecule has 0 amide bonds. The van der Waals surface area contributed by atoms with Gasteiger partial charge in [0.1, 0.15) is 5.58 Å². The summed E-state index contributed by atoms with van der Waals surface area (Å²) in [5.41, 5.74) is 6.64. The molecule has 7 aromatic rings. The normalized spacial score (nSPS) is 11.5. The number of nitrogens with zero attached hydrogens (tertiary/aromatic N) is 4. The quantitative estimate of drug-likeness (QED) is 0.238. The Hall–Kier alpha value is -4.61. The largest absolute Gasteiger partial charge is 0.438 e. The number of benzene rings is 4. The van der Waals surface area contributed by atoms with Crippen molar-refractivity contribution in [2.45, 2.75) is 0 Å². The van der Waals surface area contributed by atoms with Crippen LogP contribution in [0.15, 0.2) is 108 Å². The minimum absolute atomic E-state index is 0.144. The van der Waals surface area contributed by atoms with E-state index in [4.69, 9.17) is 26.0 Å². The number of fused-ring (bicyclic) bond motifs is 4. The molecule has 3 aromatic heterocycles. The molecule has 7 rings (SSSR count). The molecule has 0 saturated heterocycles. The fraction of sp³-hybridized carbons (Fsp3) is 0. The van der Waals surface area contributed by atoms with Gasteiger partial charge in [-0.15, -0.1) is 0 Å². The molecule has 0 N–H and O–H groups in total. The van der Waals surface area contributed by atoms with Gasteiger partial charge in [0.2, 0.25) is 11.0 Å². The second-order valence-corrected chi connectivity index (χ2v) is 8.81. The average molecular weight is 485 g/mol. The van der Waals surface area contributed by atoms with Crippen molar-refractivity contribution in [2.24, 2.45) is 0 Å². The highest BCUT2D eigenvalue weighted by Gasteiger charge is 2.17. The third-order valence-corrected chi connectivity index (χ3v) is 6.45.